The average molecular weight is 365 g/mol. The Morgan fingerprint density at radius 1 is 1.11 bits per heavy atom. The van der Waals surface area contributed by atoms with Gasteiger partial charge in [-0.25, -0.2) is 9.36 Å². The van der Waals surface area contributed by atoms with E-state index in [1.54, 1.807) is 17.1 Å². The van der Waals surface area contributed by atoms with Crippen molar-refractivity contribution >= 4 is 0 Å². The summed E-state index contributed by atoms with van der Waals surface area (Å²) in [5, 5.41) is 18.5. The van der Waals surface area contributed by atoms with Gasteiger partial charge in [0, 0.05) is 11.8 Å². The highest BCUT2D eigenvalue weighted by molar-refractivity contribution is 5.32. The predicted octanol–water partition coefficient (Wildman–Crippen LogP) is 2.24. The fourth-order valence-electron chi connectivity index (χ4n) is 3.06. The molecule has 3 heterocycles. The van der Waals surface area contributed by atoms with Crippen LogP contribution in [0.1, 0.15) is 22.6 Å². The van der Waals surface area contributed by atoms with Crippen LogP contribution in [0, 0.1) is 13.8 Å². The van der Waals surface area contributed by atoms with Crippen LogP contribution in [0.3, 0.4) is 0 Å². The first kappa shape index (κ1) is 16.9. The van der Waals surface area contributed by atoms with Crippen LogP contribution in [-0.2, 0) is 13.1 Å². The minimum Gasteiger partial charge on any atom is -0.493 e. The molecule has 8 nitrogen and oxygen atoms in total. The molecule has 3 aromatic heterocycles. The van der Waals surface area contributed by atoms with E-state index in [1.165, 1.54) is 15.3 Å². The fraction of sp³-hybridized carbons (Fsp3) is 0.211. The summed E-state index contributed by atoms with van der Waals surface area (Å²) in [6.45, 7) is 4.57. The molecule has 0 radical (unpaired) electrons. The van der Waals surface area contributed by atoms with Gasteiger partial charge in [0.25, 0.3) is 0 Å². The first-order valence-corrected chi connectivity index (χ1v) is 8.52. The lowest BCUT2D eigenvalue weighted by Gasteiger charge is -2.01. The van der Waals surface area contributed by atoms with Crippen molar-refractivity contribution in [3.63, 3.8) is 0 Å². The molecule has 0 spiro atoms. The zero-order valence-corrected chi connectivity index (χ0v) is 15.0. The van der Waals surface area contributed by atoms with Gasteiger partial charge in [-0.2, -0.15) is 5.10 Å². The zero-order chi connectivity index (χ0) is 19.0. The van der Waals surface area contributed by atoms with Crippen LogP contribution in [0.2, 0.25) is 0 Å². The summed E-state index contributed by atoms with van der Waals surface area (Å²) < 4.78 is 9.55. The van der Waals surface area contributed by atoms with Gasteiger partial charge in [-0.05, 0) is 19.4 Å². The Bertz CT molecular complexity index is 1110. The van der Waals surface area contributed by atoms with E-state index in [-0.39, 0.29) is 11.6 Å². The molecule has 0 fully saturated rings. The maximum Gasteiger partial charge on any atom is 0.336 e. The van der Waals surface area contributed by atoms with Crippen molar-refractivity contribution in [2.45, 2.75) is 26.9 Å². The van der Waals surface area contributed by atoms with Crippen molar-refractivity contribution < 1.29 is 9.63 Å². The number of benzene rings is 1. The van der Waals surface area contributed by atoms with E-state index < -0.39 is 0 Å². The lowest BCUT2D eigenvalue weighted by Crippen LogP contribution is -2.23. The Labute approximate surface area is 154 Å². The van der Waals surface area contributed by atoms with Crippen LogP contribution in [0.5, 0.6) is 5.88 Å². The molecule has 138 valence electrons. The van der Waals surface area contributed by atoms with E-state index in [0.717, 1.165) is 22.6 Å². The van der Waals surface area contributed by atoms with Gasteiger partial charge in [0.15, 0.2) is 0 Å². The van der Waals surface area contributed by atoms with Crippen molar-refractivity contribution in [3.8, 4) is 11.6 Å². The molecule has 27 heavy (non-hydrogen) atoms. The number of nitrogens with zero attached hydrogens (tertiary/aromatic N) is 5. The second-order valence-corrected chi connectivity index (χ2v) is 6.42. The summed E-state index contributed by atoms with van der Waals surface area (Å²) in [5.41, 5.74) is 2.90. The maximum atomic E-state index is 12.7. The van der Waals surface area contributed by atoms with Gasteiger partial charge in [0.1, 0.15) is 5.76 Å². The Hall–Kier alpha value is -3.55. The van der Waals surface area contributed by atoms with Gasteiger partial charge in [0.2, 0.25) is 5.88 Å². The van der Waals surface area contributed by atoms with E-state index in [2.05, 4.69) is 10.3 Å². The number of rotatable bonds is 5. The standard InChI is InChI=1S/C19H19N5O3/c1-13-17(14(2)27-21-13)11-23-10-16(8-20-23)24-18(25)12-22(19(24)26)9-15-6-4-3-5-7-15/h3-8,10,12,25H,9,11H2,1-2H3. The summed E-state index contributed by atoms with van der Waals surface area (Å²) in [7, 11) is 0. The molecule has 0 aliphatic heterocycles. The highest BCUT2D eigenvalue weighted by atomic mass is 16.5. The maximum absolute atomic E-state index is 12.7. The highest BCUT2D eigenvalue weighted by Crippen LogP contribution is 2.17. The van der Waals surface area contributed by atoms with Crippen molar-refractivity contribution in [1.29, 1.82) is 0 Å². The SMILES string of the molecule is Cc1noc(C)c1Cn1cc(-n2c(O)cn(Cc3ccccc3)c2=O)cn1. The smallest absolute Gasteiger partial charge is 0.336 e. The largest absolute Gasteiger partial charge is 0.493 e. The van der Waals surface area contributed by atoms with Crippen LogP contribution in [0.25, 0.3) is 5.69 Å². The van der Waals surface area contributed by atoms with Crippen molar-refractivity contribution in [2.24, 2.45) is 0 Å². The lowest BCUT2D eigenvalue weighted by atomic mass is 10.2. The van der Waals surface area contributed by atoms with Gasteiger partial charge >= 0.3 is 5.69 Å². The molecule has 1 aromatic carbocycles. The number of aromatic hydroxyl groups is 1. The second-order valence-electron chi connectivity index (χ2n) is 6.42. The molecular weight excluding hydrogens is 346 g/mol. The van der Waals surface area contributed by atoms with Gasteiger partial charge < -0.3 is 9.63 Å². The summed E-state index contributed by atoms with van der Waals surface area (Å²) in [5.74, 6) is 0.603. The van der Waals surface area contributed by atoms with E-state index in [9.17, 15) is 9.90 Å². The number of aromatic nitrogens is 5. The molecular formula is C19H19N5O3. The van der Waals surface area contributed by atoms with Crippen LogP contribution >= 0.6 is 0 Å². The van der Waals surface area contributed by atoms with Crippen LogP contribution < -0.4 is 5.69 Å². The summed E-state index contributed by atoms with van der Waals surface area (Å²) >= 11 is 0. The van der Waals surface area contributed by atoms with Crippen LogP contribution in [0.4, 0.5) is 0 Å². The lowest BCUT2D eigenvalue weighted by molar-refractivity contribution is 0.391. The molecule has 4 aromatic rings. The van der Waals surface area contributed by atoms with Crippen molar-refractivity contribution in [3.05, 3.63) is 82.0 Å². The number of aryl methyl sites for hydroxylation is 2. The molecule has 0 atom stereocenters. The molecule has 0 aliphatic carbocycles. The van der Waals surface area contributed by atoms with Gasteiger partial charge in [-0.3, -0.25) is 9.25 Å². The van der Waals surface area contributed by atoms with E-state index in [0.29, 0.717) is 18.8 Å². The van der Waals surface area contributed by atoms with Crippen molar-refractivity contribution in [2.75, 3.05) is 0 Å². The number of hydrogen-bond acceptors (Lipinski definition) is 5. The second kappa shape index (κ2) is 6.64. The molecule has 0 saturated carbocycles. The average Bonchev–Trinajstić information content (AvgIpc) is 3.31. The normalized spacial score (nSPS) is 11.2. The van der Waals surface area contributed by atoms with Crippen molar-refractivity contribution in [1.82, 2.24) is 24.1 Å². The Balaban J connectivity index is 1.63. The minimum atomic E-state index is -0.326. The molecule has 4 rings (SSSR count). The fourth-order valence-corrected chi connectivity index (χ4v) is 3.06. The molecule has 0 aliphatic rings. The summed E-state index contributed by atoms with van der Waals surface area (Å²) in [4.78, 5) is 12.7. The van der Waals surface area contributed by atoms with Crippen LogP contribution in [0.15, 0.2) is 58.2 Å². The monoisotopic (exact) mass is 365 g/mol. The molecule has 0 saturated heterocycles. The Morgan fingerprint density at radius 2 is 1.89 bits per heavy atom. The highest BCUT2D eigenvalue weighted by Gasteiger charge is 2.15. The minimum absolute atomic E-state index is 0.132. The Morgan fingerprint density at radius 3 is 2.59 bits per heavy atom. The predicted molar refractivity (Wildman–Crippen MR) is 98.1 cm³/mol. The number of imidazole rings is 1. The summed E-state index contributed by atoms with van der Waals surface area (Å²) in [6.07, 6.45) is 4.69. The summed E-state index contributed by atoms with van der Waals surface area (Å²) in [6, 6.07) is 9.61. The van der Waals surface area contributed by atoms with Gasteiger partial charge in [-0.1, -0.05) is 35.5 Å². The Kier molecular flexibility index (Phi) is 4.15. The van der Waals surface area contributed by atoms with E-state index in [1.807, 2.05) is 44.2 Å². The van der Waals surface area contributed by atoms with Gasteiger partial charge in [0.05, 0.1) is 36.9 Å². The number of hydrogen-bond donors (Lipinski definition) is 1. The van der Waals surface area contributed by atoms with Gasteiger partial charge in [-0.15, -0.1) is 0 Å². The topological polar surface area (TPSA) is 91.0 Å². The molecule has 1 N–H and O–H groups in total. The molecule has 0 bridgehead atoms. The quantitative estimate of drug-likeness (QED) is 0.586. The first-order valence-electron chi connectivity index (χ1n) is 8.52. The first-order chi connectivity index (χ1) is 13.0. The molecule has 0 unspecified atom stereocenters. The van der Waals surface area contributed by atoms with Crippen LogP contribution in [-0.4, -0.2) is 29.2 Å². The zero-order valence-electron chi connectivity index (χ0n) is 15.0. The molecule has 0 amide bonds. The van der Waals surface area contributed by atoms with E-state index >= 15 is 0 Å². The van der Waals surface area contributed by atoms with E-state index in [4.69, 9.17) is 4.52 Å². The third-order valence-electron chi connectivity index (χ3n) is 4.51. The molecule has 8 heteroatoms. The third-order valence-corrected chi connectivity index (χ3v) is 4.51. The third kappa shape index (κ3) is 3.17.